The number of anilines is 1. The molecule has 136 valence electrons. The lowest BCUT2D eigenvalue weighted by atomic mass is 10.1. The number of benzene rings is 2. The van der Waals surface area contributed by atoms with Crippen LogP contribution in [0.3, 0.4) is 0 Å². The van der Waals surface area contributed by atoms with Crippen molar-refractivity contribution in [2.24, 2.45) is 0 Å². The van der Waals surface area contributed by atoms with Crippen LogP contribution in [-0.4, -0.2) is 10.8 Å². The molecular weight excluding hydrogens is 366 g/mol. The van der Waals surface area contributed by atoms with E-state index in [0.29, 0.717) is 5.69 Å². The number of hydrogen-bond donors (Lipinski definition) is 1. The zero-order valence-corrected chi connectivity index (χ0v) is 15.1. The van der Waals surface area contributed by atoms with Gasteiger partial charge in [-0.1, -0.05) is 41.9 Å². The lowest BCUT2D eigenvalue weighted by Gasteiger charge is -2.06. The van der Waals surface area contributed by atoms with Gasteiger partial charge in [-0.05, 0) is 23.6 Å². The molecule has 0 bridgehead atoms. The number of non-ortho nitro benzene ring substituents is 1. The summed E-state index contributed by atoms with van der Waals surface area (Å²) in [5.74, 6) is -0.272. The van der Waals surface area contributed by atoms with Crippen molar-refractivity contribution in [3.05, 3.63) is 99.3 Å². The number of rotatable bonds is 6. The fraction of sp³-hybridized carbons (Fsp3) is 0.100. The van der Waals surface area contributed by atoms with Gasteiger partial charge in [0, 0.05) is 24.3 Å². The molecule has 3 rings (SSSR count). The van der Waals surface area contributed by atoms with Gasteiger partial charge in [-0.3, -0.25) is 14.9 Å². The van der Waals surface area contributed by atoms with Gasteiger partial charge in [0.1, 0.15) is 0 Å². The van der Waals surface area contributed by atoms with Gasteiger partial charge < -0.3 is 5.32 Å². The minimum Gasteiger partial charge on any atom is -0.319 e. The Morgan fingerprint density at radius 2 is 1.70 bits per heavy atom. The molecule has 7 heteroatoms. The molecule has 1 N–H and O–H groups in total. The Labute approximate surface area is 161 Å². The van der Waals surface area contributed by atoms with Gasteiger partial charge in [0.15, 0.2) is 12.4 Å². The molecule has 0 radical (unpaired) electrons. The number of nitro benzene ring substituents is 1. The number of nitrogens with zero attached hydrogens (tertiary/aromatic N) is 2. The van der Waals surface area contributed by atoms with Crippen LogP contribution < -0.4 is 9.88 Å². The zero-order valence-electron chi connectivity index (χ0n) is 14.3. The summed E-state index contributed by atoms with van der Waals surface area (Å²) in [6, 6.07) is 18.0. The van der Waals surface area contributed by atoms with Crippen LogP contribution in [0.2, 0.25) is 5.02 Å². The maximum Gasteiger partial charge on any atom is 0.290 e. The summed E-state index contributed by atoms with van der Waals surface area (Å²) in [6.07, 6.45) is 4.51. The Balaban J connectivity index is 1.60. The van der Waals surface area contributed by atoms with Crippen molar-refractivity contribution in [3.8, 4) is 0 Å². The summed E-state index contributed by atoms with van der Waals surface area (Å²) in [7, 11) is 0. The third kappa shape index (κ3) is 5.12. The quantitative estimate of drug-likeness (QED) is 0.400. The number of carbonyl (C=O) groups is 1. The molecule has 2 aromatic carbocycles. The van der Waals surface area contributed by atoms with Crippen LogP contribution >= 0.6 is 11.6 Å². The van der Waals surface area contributed by atoms with Crippen molar-refractivity contribution in [1.82, 2.24) is 0 Å². The third-order valence-corrected chi connectivity index (χ3v) is 4.29. The van der Waals surface area contributed by atoms with Crippen LogP contribution in [0, 0.1) is 10.1 Å². The lowest BCUT2D eigenvalue weighted by Crippen LogP contribution is -2.39. The van der Waals surface area contributed by atoms with Crippen molar-refractivity contribution in [2.75, 3.05) is 5.32 Å². The number of halogens is 1. The summed E-state index contributed by atoms with van der Waals surface area (Å²) in [4.78, 5) is 22.4. The fourth-order valence-electron chi connectivity index (χ4n) is 2.62. The molecule has 3 aromatic rings. The van der Waals surface area contributed by atoms with Gasteiger partial charge in [-0.15, -0.1) is 0 Å². The minimum atomic E-state index is -0.537. The lowest BCUT2D eigenvalue weighted by molar-refractivity contribution is -0.684. The highest BCUT2D eigenvalue weighted by atomic mass is 35.5. The SMILES string of the molecule is O=C(C[n+]1ccc(Cc2ccccc2)cc1)Nc1ccc([N+](=O)[O-])cc1Cl. The molecule has 0 fully saturated rings. The van der Waals surface area contributed by atoms with Gasteiger partial charge in [0.05, 0.1) is 15.6 Å². The molecule has 6 nitrogen and oxygen atoms in total. The Morgan fingerprint density at radius 3 is 2.33 bits per heavy atom. The summed E-state index contributed by atoms with van der Waals surface area (Å²) >= 11 is 5.99. The second-order valence-electron chi connectivity index (χ2n) is 6.01. The average molecular weight is 383 g/mol. The van der Waals surface area contributed by atoms with E-state index in [1.165, 1.54) is 23.8 Å². The Kier molecular flexibility index (Phi) is 5.78. The van der Waals surface area contributed by atoms with E-state index in [2.05, 4.69) is 17.4 Å². The maximum absolute atomic E-state index is 12.2. The van der Waals surface area contributed by atoms with Crippen LogP contribution in [-0.2, 0) is 17.8 Å². The molecular formula is C20H17ClN3O3+. The van der Waals surface area contributed by atoms with Gasteiger partial charge in [-0.25, -0.2) is 0 Å². The first-order valence-corrected chi connectivity index (χ1v) is 8.65. The number of carbonyl (C=O) groups excluding carboxylic acids is 1. The first kappa shape index (κ1) is 18.5. The van der Waals surface area contributed by atoms with Crippen molar-refractivity contribution in [1.29, 1.82) is 0 Å². The number of amides is 1. The van der Waals surface area contributed by atoms with Crippen LogP contribution in [0.4, 0.5) is 11.4 Å². The van der Waals surface area contributed by atoms with E-state index >= 15 is 0 Å². The number of nitrogens with one attached hydrogen (secondary N) is 1. The second-order valence-corrected chi connectivity index (χ2v) is 6.42. The molecule has 0 saturated carbocycles. The number of pyridine rings is 1. The molecule has 27 heavy (non-hydrogen) atoms. The Hall–Kier alpha value is -3.25. The highest BCUT2D eigenvalue weighted by Crippen LogP contribution is 2.26. The van der Waals surface area contributed by atoms with Crippen molar-refractivity contribution in [3.63, 3.8) is 0 Å². The Morgan fingerprint density at radius 1 is 1.04 bits per heavy atom. The van der Waals surface area contributed by atoms with Crippen molar-refractivity contribution >= 4 is 28.9 Å². The third-order valence-electron chi connectivity index (χ3n) is 3.98. The molecule has 0 saturated heterocycles. The van der Waals surface area contributed by atoms with E-state index in [9.17, 15) is 14.9 Å². The number of nitro groups is 1. The predicted octanol–water partition coefficient (Wildman–Crippen LogP) is 3.77. The predicted molar refractivity (Wildman–Crippen MR) is 103 cm³/mol. The molecule has 1 aromatic heterocycles. The average Bonchev–Trinajstić information content (AvgIpc) is 2.65. The summed E-state index contributed by atoms with van der Waals surface area (Å²) in [5.41, 5.74) is 2.59. The molecule has 0 aliphatic heterocycles. The van der Waals surface area contributed by atoms with E-state index in [0.717, 1.165) is 12.0 Å². The van der Waals surface area contributed by atoms with Gasteiger partial charge in [0.2, 0.25) is 6.54 Å². The van der Waals surface area contributed by atoms with Crippen LogP contribution in [0.5, 0.6) is 0 Å². The standard InChI is InChI=1S/C20H16ClN3O3/c21-18-13-17(24(26)27)6-7-19(18)22-20(25)14-23-10-8-16(9-11-23)12-15-4-2-1-3-5-15/h1-11,13H,12,14H2/p+1. The largest absolute Gasteiger partial charge is 0.319 e. The van der Waals surface area contributed by atoms with E-state index in [1.54, 1.807) is 4.57 Å². The molecule has 1 amide bonds. The van der Waals surface area contributed by atoms with Crippen LogP contribution in [0.15, 0.2) is 73.1 Å². The molecule has 0 unspecified atom stereocenters. The highest BCUT2D eigenvalue weighted by Gasteiger charge is 2.14. The van der Waals surface area contributed by atoms with E-state index in [-0.39, 0.29) is 23.2 Å². The Bertz CT molecular complexity index is 960. The van der Waals surface area contributed by atoms with Crippen molar-refractivity contribution < 1.29 is 14.3 Å². The number of hydrogen-bond acceptors (Lipinski definition) is 3. The van der Waals surface area contributed by atoms with Gasteiger partial charge in [0.25, 0.3) is 11.6 Å². The van der Waals surface area contributed by atoms with Gasteiger partial charge >= 0.3 is 0 Å². The van der Waals surface area contributed by atoms with Gasteiger partial charge in [-0.2, -0.15) is 4.57 Å². The van der Waals surface area contributed by atoms with E-state index in [1.807, 2.05) is 42.7 Å². The molecule has 1 heterocycles. The van der Waals surface area contributed by atoms with E-state index in [4.69, 9.17) is 11.6 Å². The molecule has 0 atom stereocenters. The number of aromatic nitrogens is 1. The fourth-order valence-corrected chi connectivity index (χ4v) is 2.84. The minimum absolute atomic E-state index is 0.110. The summed E-state index contributed by atoms with van der Waals surface area (Å²) in [6.45, 7) is 0.110. The van der Waals surface area contributed by atoms with Crippen molar-refractivity contribution in [2.45, 2.75) is 13.0 Å². The molecule has 0 aliphatic carbocycles. The highest BCUT2D eigenvalue weighted by molar-refractivity contribution is 6.33. The molecule has 0 spiro atoms. The second kappa shape index (κ2) is 8.42. The first-order chi connectivity index (χ1) is 13.0. The van der Waals surface area contributed by atoms with Crippen LogP contribution in [0.1, 0.15) is 11.1 Å². The van der Waals surface area contributed by atoms with E-state index < -0.39 is 4.92 Å². The zero-order chi connectivity index (χ0) is 19.2. The topological polar surface area (TPSA) is 76.1 Å². The summed E-state index contributed by atoms with van der Waals surface area (Å²) < 4.78 is 1.75. The normalized spacial score (nSPS) is 10.4. The smallest absolute Gasteiger partial charge is 0.290 e. The molecule has 0 aliphatic rings. The maximum atomic E-state index is 12.2. The van der Waals surface area contributed by atoms with Crippen LogP contribution in [0.25, 0.3) is 0 Å². The monoisotopic (exact) mass is 382 g/mol. The first-order valence-electron chi connectivity index (χ1n) is 8.27. The summed E-state index contributed by atoms with van der Waals surface area (Å²) in [5, 5.41) is 13.5.